The number of hydrogen-bond donors (Lipinski definition) is 1. The third kappa shape index (κ3) is 2.89. The second kappa shape index (κ2) is 6.44. The molecule has 2 aliphatic rings. The lowest BCUT2D eigenvalue weighted by atomic mass is 10.0. The maximum atomic E-state index is 12.6. The minimum absolute atomic E-state index is 0.0578. The van der Waals surface area contributed by atoms with Crippen LogP contribution in [0.5, 0.6) is 0 Å². The smallest absolute Gasteiger partial charge is 0.233 e. The Labute approximate surface area is 156 Å². The van der Waals surface area contributed by atoms with E-state index in [2.05, 4.69) is 22.1 Å². The van der Waals surface area contributed by atoms with Crippen LogP contribution in [0.4, 0.5) is 5.69 Å². The van der Waals surface area contributed by atoms with Gasteiger partial charge in [0.15, 0.2) is 0 Å². The van der Waals surface area contributed by atoms with Crippen molar-refractivity contribution in [2.75, 3.05) is 31.3 Å². The SMILES string of the molecule is Cc1nc2c(cc1-c1cnc3[nH]ccc3c1)N(C[C@H]1COCCO1)C(=O)C2. The molecular weight excluding hydrogens is 344 g/mol. The van der Waals surface area contributed by atoms with Crippen molar-refractivity contribution in [2.45, 2.75) is 19.4 Å². The summed E-state index contributed by atoms with van der Waals surface area (Å²) < 4.78 is 11.2. The highest BCUT2D eigenvalue weighted by Crippen LogP contribution is 2.34. The number of anilines is 1. The number of aryl methyl sites for hydroxylation is 1. The van der Waals surface area contributed by atoms with Crippen LogP contribution in [0, 0.1) is 6.92 Å². The first-order valence-electron chi connectivity index (χ1n) is 9.13. The normalized spacial score (nSPS) is 19.7. The van der Waals surface area contributed by atoms with Gasteiger partial charge in [-0.05, 0) is 25.1 Å². The van der Waals surface area contributed by atoms with Gasteiger partial charge in [-0.25, -0.2) is 4.98 Å². The first-order valence-corrected chi connectivity index (χ1v) is 9.13. The van der Waals surface area contributed by atoms with Gasteiger partial charge in [-0.1, -0.05) is 0 Å². The van der Waals surface area contributed by atoms with Crippen molar-refractivity contribution in [1.29, 1.82) is 0 Å². The van der Waals surface area contributed by atoms with E-state index in [0.29, 0.717) is 32.8 Å². The van der Waals surface area contributed by atoms with Gasteiger partial charge < -0.3 is 19.4 Å². The Morgan fingerprint density at radius 1 is 1.33 bits per heavy atom. The molecule has 5 heterocycles. The van der Waals surface area contributed by atoms with Crippen LogP contribution in [0.3, 0.4) is 0 Å². The Hall–Kier alpha value is -2.77. The van der Waals surface area contributed by atoms with Crippen LogP contribution in [-0.4, -0.2) is 53.3 Å². The summed E-state index contributed by atoms with van der Waals surface area (Å²) in [6.07, 6.45) is 3.95. The number of H-pyrrole nitrogens is 1. The van der Waals surface area contributed by atoms with Gasteiger partial charge in [-0.3, -0.25) is 9.78 Å². The summed E-state index contributed by atoms with van der Waals surface area (Å²) >= 11 is 0. The lowest BCUT2D eigenvalue weighted by Crippen LogP contribution is -2.41. The minimum Gasteiger partial charge on any atom is -0.376 e. The number of hydrogen-bond acceptors (Lipinski definition) is 5. The molecule has 7 nitrogen and oxygen atoms in total. The number of carbonyl (C=O) groups is 1. The van der Waals surface area contributed by atoms with Gasteiger partial charge in [0.1, 0.15) is 5.65 Å². The molecule has 138 valence electrons. The second-order valence-electron chi connectivity index (χ2n) is 6.98. The summed E-state index contributed by atoms with van der Waals surface area (Å²) in [5.74, 6) is 0.0578. The molecule has 3 aromatic rings. The summed E-state index contributed by atoms with van der Waals surface area (Å²) in [5, 5.41) is 1.05. The molecule has 1 amide bonds. The van der Waals surface area contributed by atoms with Gasteiger partial charge in [-0.15, -0.1) is 0 Å². The van der Waals surface area contributed by atoms with Crippen molar-refractivity contribution in [3.05, 3.63) is 42.0 Å². The molecule has 0 spiro atoms. The number of nitrogens with one attached hydrogen (secondary N) is 1. The molecule has 3 aromatic heterocycles. The predicted molar refractivity (Wildman–Crippen MR) is 101 cm³/mol. The molecule has 1 atom stereocenters. The minimum atomic E-state index is -0.101. The highest BCUT2D eigenvalue weighted by atomic mass is 16.6. The van der Waals surface area contributed by atoms with Gasteiger partial charge in [-0.2, -0.15) is 0 Å². The largest absolute Gasteiger partial charge is 0.376 e. The molecule has 2 aliphatic heterocycles. The average molecular weight is 364 g/mol. The highest BCUT2D eigenvalue weighted by Gasteiger charge is 2.32. The van der Waals surface area contributed by atoms with Crippen LogP contribution in [0.1, 0.15) is 11.4 Å². The second-order valence-corrected chi connectivity index (χ2v) is 6.98. The van der Waals surface area contributed by atoms with Crippen LogP contribution in [0.2, 0.25) is 0 Å². The number of carbonyl (C=O) groups excluding carboxylic acids is 1. The lowest BCUT2D eigenvalue weighted by Gasteiger charge is -2.27. The maximum absolute atomic E-state index is 12.6. The number of rotatable bonds is 3. The maximum Gasteiger partial charge on any atom is 0.233 e. The molecule has 7 heteroatoms. The molecular formula is C20H20N4O3. The van der Waals surface area contributed by atoms with Crippen LogP contribution in [0.15, 0.2) is 30.6 Å². The van der Waals surface area contributed by atoms with E-state index in [1.54, 1.807) is 4.90 Å². The van der Waals surface area contributed by atoms with Crippen LogP contribution >= 0.6 is 0 Å². The van der Waals surface area contributed by atoms with Crippen LogP contribution in [0.25, 0.3) is 22.2 Å². The zero-order chi connectivity index (χ0) is 18.4. The fraction of sp³-hybridized carbons (Fsp3) is 0.350. The van der Waals surface area contributed by atoms with Crippen molar-refractivity contribution in [3.8, 4) is 11.1 Å². The fourth-order valence-electron chi connectivity index (χ4n) is 3.81. The summed E-state index contributed by atoms with van der Waals surface area (Å²) in [7, 11) is 0. The molecule has 0 aliphatic carbocycles. The predicted octanol–water partition coefficient (Wildman–Crippen LogP) is 2.24. The number of aromatic amines is 1. The molecule has 1 saturated heterocycles. The Kier molecular flexibility index (Phi) is 3.91. The molecule has 0 aromatic carbocycles. The van der Waals surface area contributed by atoms with E-state index in [9.17, 15) is 4.79 Å². The zero-order valence-corrected chi connectivity index (χ0v) is 15.1. The van der Waals surface area contributed by atoms with Crippen LogP contribution < -0.4 is 4.90 Å². The third-order valence-corrected chi connectivity index (χ3v) is 5.16. The summed E-state index contributed by atoms with van der Waals surface area (Å²) in [4.78, 5) is 26.7. The number of aromatic nitrogens is 3. The van der Waals surface area contributed by atoms with Gasteiger partial charge in [0.25, 0.3) is 0 Å². The lowest BCUT2D eigenvalue weighted by molar-refractivity contribution is -0.119. The average Bonchev–Trinajstić information content (AvgIpc) is 3.26. The van der Waals surface area contributed by atoms with E-state index >= 15 is 0 Å². The molecule has 0 radical (unpaired) electrons. The topological polar surface area (TPSA) is 80.3 Å². The van der Waals surface area contributed by atoms with Gasteiger partial charge in [0.05, 0.1) is 50.3 Å². The van der Waals surface area contributed by atoms with Crippen molar-refractivity contribution >= 4 is 22.6 Å². The first kappa shape index (κ1) is 16.4. The Bertz CT molecular complexity index is 1020. The monoisotopic (exact) mass is 364 g/mol. The van der Waals surface area contributed by atoms with Crippen molar-refractivity contribution in [1.82, 2.24) is 15.0 Å². The Morgan fingerprint density at radius 2 is 2.26 bits per heavy atom. The number of ether oxygens (including phenoxy) is 2. The molecule has 1 N–H and O–H groups in total. The number of amides is 1. The molecule has 1 fully saturated rings. The van der Waals surface area contributed by atoms with E-state index in [0.717, 1.165) is 39.2 Å². The van der Waals surface area contributed by atoms with Gasteiger partial charge >= 0.3 is 0 Å². The van der Waals surface area contributed by atoms with E-state index in [-0.39, 0.29) is 12.0 Å². The zero-order valence-electron chi connectivity index (χ0n) is 15.1. The number of fused-ring (bicyclic) bond motifs is 2. The fourth-order valence-corrected chi connectivity index (χ4v) is 3.81. The summed E-state index contributed by atoms with van der Waals surface area (Å²) in [5.41, 5.74) is 5.43. The Balaban J connectivity index is 1.52. The summed E-state index contributed by atoms with van der Waals surface area (Å²) in [6.45, 7) is 4.16. The highest BCUT2D eigenvalue weighted by molar-refractivity contribution is 6.01. The van der Waals surface area contributed by atoms with E-state index in [4.69, 9.17) is 14.5 Å². The van der Waals surface area contributed by atoms with E-state index < -0.39 is 0 Å². The third-order valence-electron chi connectivity index (χ3n) is 5.16. The van der Waals surface area contributed by atoms with E-state index in [1.165, 1.54) is 0 Å². The van der Waals surface area contributed by atoms with Crippen molar-refractivity contribution in [2.24, 2.45) is 0 Å². The first-order chi connectivity index (χ1) is 13.2. The standard InChI is InChI=1S/C20H20N4O3/c1-12-16(14-6-13-2-3-21-20(13)22-9-14)7-18-17(23-12)8-19(25)24(18)10-15-11-26-4-5-27-15/h2-3,6-7,9,15H,4-5,8,10-11H2,1H3,(H,21,22)/t15-/m0/s1. The van der Waals surface area contributed by atoms with Crippen LogP contribution in [-0.2, 0) is 20.7 Å². The number of pyridine rings is 2. The van der Waals surface area contributed by atoms with Gasteiger partial charge in [0.2, 0.25) is 5.91 Å². The molecule has 0 bridgehead atoms. The van der Waals surface area contributed by atoms with E-state index in [1.807, 2.05) is 25.4 Å². The molecule has 5 rings (SSSR count). The van der Waals surface area contributed by atoms with Crippen molar-refractivity contribution in [3.63, 3.8) is 0 Å². The summed E-state index contributed by atoms with van der Waals surface area (Å²) in [6, 6.07) is 6.15. The van der Waals surface area contributed by atoms with Gasteiger partial charge in [0, 0.05) is 34.6 Å². The number of nitrogens with zero attached hydrogens (tertiary/aromatic N) is 3. The Morgan fingerprint density at radius 3 is 3.11 bits per heavy atom. The molecule has 0 saturated carbocycles. The van der Waals surface area contributed by atoms with Crippen molar-refractivity contribution < 1.29 is 14.3 Å². The molecule has 27 heavy (non-hydrogen) atoms. The molecule has 0 unspecified atom stereocenters. The quantitative estimate of drug-likeness (QED) is 0.771.